The molecule has 0 unspecified atom stereocenters. The van der Waals surface area contributed by atoms with Crippen molar-refractivity contribution in [1.82, 2.24) is 4.90 Å². The summed E-state index contributed by atoms with van der Waals surface area (Å²) >= 11 is 0. The van der Waals surface area contributed by atoms with E-state index in [1.165, 1.54) is 0 Å². The number of carbonyl (C=O) groups excluding carboxylic acids is 1. The highest BCUT2D eigenvalue weighted by Crippen LogP contribution is 2.40. The van der Waals surface area contributed by atoms with Gasteiger partial charge in [0.15, 0.2) is 0 Å². The van der Waals surface area contributed by atoms with Crippen LogP contribution in [0.1, 0.15) is 20.8 Å². The van der Waals surface area contributed by atoms with Gasteiger partial charge in [0.05, 0.1) is 13.2 Å². The summed E-state index contributed by atoms with van der Waals surface area (Å²) in [5.41, 5.74) is 5.35. The number of nitrogens with zero attached hydrogens (tertiary/aromatic N) is 1. The van der Waals surface area contributed by atoms with E-state index in [1.54, 1.807) is 4.90 Å². The zero-order valence-corrected chi connectivity index (χ0v) is 10.9. The molecule has 0 aliphatic carbocycles. The van der Waals surface area contributed by atoms with Crippen LogP contribution in [-0.2, 0) is 9.47 Å². The predicted octanol–water partition coefficient (Wildman–Crippen LogP) is 0.829. The van der Waals surface area contributed by atoms with Gasteiger partial charge in [-0.05, 0) is 20.8 Å². The summed E-state index contributed by atoms with van der Waals surface area (Å²) in [6, 6.07) is 0. The van der Waals surface area contributed by atoms with Crippen LogP contribution in [0.5, 0.6) is 0 Å². The molecule has 0 radical (unpaired) electrons. The summed E-state index contributed by atoms with van der Waals surface area (Å²) in [4.78, 5) is 13.7. The van der Waals surface area contributed by atoms with Crippen molar-refractivity contribution in [2.45, 2.75) is 26.4 Å². The molecule has 5 nitrogen and oxygen atoms in total. The first-order valence-electron chi connectivity index (χ1n) is 6.12. The van der Waals surface area contributed by atoms with Crippen LogP contribution >= 0.6 is 0 Å². The number of fused-ring (bicyclic) bond motifs is 1. The van der Waals surface area contributed by atoms with Gasteiger partial charge in [-0.2, -0.15) is 0 Å². The second-order valence-corrected chi connectivity index (χ2v) is 6.14. The Bertz CT molecular complexity index is 313. The molecule has 1 amide bonds. The Hall–Kier alpha value is -0.810. The zero-order valence-electron chi connectivity index (χ0n) is 10.9. The van der Waals surface area contributed by atoms with Crippen LogP contribution in [0.3, 0.4) is 0 Å². The lowest BCUT2D eigenvalue weighted by Crippen LogP contribution is -2.40. The van der Waals surface area contributed by atoms with Gasteiger partial charge in [0.1, 0.15) is 5.60 Å². The van der Waals surface area contributed by atoms with E-state index >= 15 is 0 Å². The number of likely N-dealkylation sites (tertiary alicyclic amines) is 1. The van der Waals surface area contributed by atoms with Crippen LogP contribution in [-0.4, -0.2) is 49.4 Å². The minimum Gasteiger partial charge on any atom is -0.444 e. The van der Waals surface area contributed by atoms with Crippen molar-refractivity contribution >= 4 is 6.09 Å². The van der Waals surface area contributed by atoms with E-state index in [4.69, 9.17) is 15.2 Å². The van der Waals surface area contributed by atoms with Crippen LogP contribution in [0.2, 0.25) is 0 Å². The number of rotatable bonds is 1. The SMILES string of the molecule is CC(C)(C)OC(=O)N1C[C@@H]2COC[C@]2(CN)C1. The quantitative estimate of drug-likeness (QED) is 0.739. The summed E-state index contributed by atoms with van der Waals surface area (Å²) in [5.74, 6) is 0.361. The number of hydrogen-bond donors (Lipinski definition) is 1. The first kappa shape index (κ1) is 12.6. The molecule has 5 heteroatoms. The number of nitrogens with two attached hydrogens (primary N) is 1. The number of hydrogen-bond acceptors (Lipinski definition) is 4. The second kappa shape index (κ2) is 4.14. The Morgan fingerprint density at radius 3 is 2.82 bits per heavy atom. The van der Waals surface area contributed by atoms with Gasteiger partial charge >= 0.3 is 6.09 Å². The first-order valence-corrected chi connectivity index (χ1v) is 6.12. The van der Waals surface area contributed by atoms with E-state index in [9.17, 15) is 4.79 Å². The first-order chi connectivity index (χ1) is 7.86. The summed E-state index contributed by atoms with van der Waals surface area (Å²) in [7, 11) is 0. The van der Waals surface area contributed by atoms with Gasteiger partial charge in [-0.1, -0.05) is 0 Å². The molecule has 0 aromatic rings. The van der Waals surface area contributed by atoms with E-state index in [2.05, 4.69) is 0 Å². The van der Waals surface area contributed by atoms with E-state index in [0.717, 1.165) is 0 Å². The highest BCUT2D eigenvalue weighted by atomic mass is 16.6. The fourth-order valence-corrected chi connectivity index (χ4v) is 2.59. The Kier molecular flexibility index (Phi) is 3.08. The molecule has 2 atom stereocenters. The van der Waals surface area contributed by atoms with Crippen LogP contribution in [0.25, 0.3) is 0 Å². The molecular formula is C12H22N2O3. The summed E-state index contributed by atoms with van der Waals surface area (Å²) in [6.07, 6.45) is -0.236. The minimum atomic E-state index is -0.443. The maximum Gasteiger partial charge on any atom is 0.410 e. The average molecular weight is 242 g/mol. The standard InChI is InChI=1S/C12H22N2O3/c1-11(2,3)17-10(15)14-4-9-5-16-8-12(9,6-13)7-14/h9H,4-8,13H2,1-3H3/t9-,12+/m1/s1. The largest absolute Gasteiger partial charge is 0.444 e. The van der Waals surface area contributed by atoms with Crippen molar-refractivity contribution in [1.29, 1.82) is 0 Å². The second-order valence-electron chi connectivity index (χ2n) is 6.14. The van der Waals surface area contributed by atoms with Gasteiger partial charge in [0.2, 0.25) is 0 Å². The highest BCUT2D eigenvalue weighted by molar-refractivity contribution is 5.68. The molecule has 0 bridgehead atoms. The third-order valence-corrected chi connectivity index (χ3v) is 3.58. The summed E-state index contributed by atoms with van der Waals surface area (Å²) in [5, 5.41) is 0. The Morgan fingerprint density at radius 2 is 2.29 bits per heavy atom. The molecule has 0 saturated carbocycles. The molecule has 2 aliphatic heterocycles. The van der Waals surface area contributed by atoms with Crippen molar-refractivity contribution in [2.24, 2.45) is 17.1 Å². The molecule has 2 saturated heterocycles. The third kappa shape index (κ3) is 2.40. The summed E-state index contributed by atoms with van der Waals surface area (Å²) in [6.45, 7) is 8.92. The molecule has 2 N–H and O–H groups in total. The Labute approximate surface area is 102 Å². The molecule has 98 valence electrons. The molecule has 0 aromatic heterocycles. The molecule has 2 rings (SSSR count). The maximum atomic E-state index is 12.0. The van der Waals surface area contributed by atoms with Crippen molar-refractivity contribution < 1.29 is 14.3 Å². The minimum absolute atomic E-state index is 0.0447. The van der Waals surface area contributed by atoms with E-state index in [-0.39, 0.29) is 11.5 Å². The predicted molar refractivity (Wildman–Crippen MR) is 63.6 cm³/mol. The van der Waals surface area contributed by atoms with Crippen molar-refractivity contribution in [3.63, 3.8) is 0 Å². The van der Waals surface area contributed by atoms with E-state index in [0.29, 0.717) is 38.8 Å². The molecule has 2 aliphatic rings. The Morgan fingerprint density at radius 1 is 1.59 bits per heavy atom. The van der Waals surface area contributed by atoms with Gasteiger partial charge in [0.25, 0.3) is 0 Å². The third-order valence-electron chi connectivity index (χ3n) is 3.58. The van der Waals surface area contributed by atoms with Gasteiger partial charge in [-0.3, -0.25) is 0 Å². The van der Waals surface area contributed by atoms with Crippen molar-refractivity contribution in [3.05, 3.63) is 0 Å². The van der Waals surface area contributed by atoms with Crippen LogP contribution in [0.4, 0.5) is 4.79 Å². The molecule has 0 spiro atoms. The van der Waals surface area contributed by atoms with Crippen LogP contribution < -0.4 is 5.73 Å². The Balaban J connectivity index is 2.00. The van der Waals surface area contributed by atoms with Gasteiger partial charge in [-0.15, -0.1) is 0 Å². The molecule has 2 fully saturated rings. The smallest absolute Gasteiger partial charge is 0.410 e. The zero-order chi connectivity index (χ0) is 12.7. The lowest BCUT2D eigenvalue weighted by atomic mass is 9.81. The van der Waals surface area contributed by atoms with Crippen LogP contribution in [0, 0.1) is 11.3 Å². The van der Waals surface area contributed by atoms with Gasteiger partial charge in [0, 0.05) is 31.0 Å². The fourth-order valence-electron chi connectivity index (χ4n) is 2.59. The molecular weight excluding hydrogens is 220 g/mol. The number of amides is 1. The van der Waals surface area contributed by atoms with E-state index in [1.807, 2.05) is 20.8 Å². The van der Waals surface area contributed by atoms with Gasteiger partial charge in [-0.25, -0.2) is 4.79 Å². The fraction of sp³-hybridized carbons (Fsp3) is 0.917. The number of ether oxygens (including phenoxy) is 2. The topological polar surface area (TPSA) is 64.8 Å². The molecule has 0 aromatic carbocycles. The van der Waals surface area contributed by atoms with Crippen molar-refractivity contribution in [2.75, 3.05) is 32.8 Å². The normalized spacial score (nSPS) is 32.7. The highest BCUT2D eigenvalue weighted by Gasteiger charge is 2.51. The van der Waals surface area contributed by atoms with Crippen molar-refractivity contribution in [3.8, 4) is 0 Å². The average Bonchev–Trinajstić information content (AvgIpc) is 2.70. The lowest BCUT2D eigenvalue weighted by molar-refractivity contribution is 0.0238. The molecule has 2 heterocycles. The number of carbonyl (C=O) groups is 1. The van der Waals surface area contributed by atoms with Crippen LogP contribution in [0.15, 0.2) is 0 Å². The van der Waals surface area contributed by atoms with E-state index < -0.39 is 5.60 Å². The maximum absolute atomic E-state index is 12.0. The monoisotopic (exact) mass is 242 g/mol. The summed E-state index contributed by atoms with van der Waals surface area (Å²) < 4.78 is 10.9. The molecule has 17 heavy (non-hydrogen) atoms. The van der Waals surface area contributed by atoms with Gasteiger partial charge < -0.3 is 20.1 Å². The lowest BCUT2D eigenvalue weighted by Gasteiger charge is -2.27.